The minimum absolute atomic E-state index is 0.601. The second-order valence-electron chi connectivity index (χ2n) is 11.5. The van der Waals surface area contributed by atoms with E-state index in [-0.39, 0.29) is 0 Å². The van der Waals surface area contributed by atoms with Crippen molar-refractivity contribution in [3.8, 4) is 51.9 Å². The zero-order valence-electron chi connectivity index (χ0n) is 25.0. The average molecular weight is 607 g/mol. The first-order valence-electron chi connectivity index (χ1n) is 15.3. The van der Waals surface area contributed by atoms with Crippen LogP contribution in [0.2, 0.25) is 0 Å². The number of aryl methyl sites for hydroxylation is 1. The molecule has 0 unspecified atom stereocenters. The Hall–Kier alpha value is -5.89. The zero-order valence-corrected chi connectivity index (χ0v) is 25.8. The van der Waals surface area contributed by atoms with Crippen LogP contribution in [0.15, 0.2) is 138 Å². The van der Waals surface area contributed by atoms with E-state index in [4.69, 9.17) is 15.8 Å². The third kappa shape index (κ3) is 3.96. The second-order valence-corrected chi connectivity index (χ2v) is 12.6. The van der Waals surface area contributed by atoms with Gasteiger partial charge in [0.25, 0.3) is 0 Å². The van der Waals surface area contributed by atoms with Gasteiger partial charge in [-0.2, -0.15) is 0 Å². The predicted molar refractivity (Wildman–Crippen MR) is 193 cm³/mol. The van der Waals surface area contributed by atoms with Crippen molar-refractivity contribution in [3.63, 3.8) is 0 Å². The summed E-state index contributed by atoms with van der Waals surface area (Å²) in [6.45, 7) is 2.13. The average Bonchev–Trinajstić information content (AvgIpc) is 3.80. The molecule has 0 aliphatic carbocycles. The zero-order chi connectivity index (χ0) is 30.8. The number of benzene rings is 6. The summed E-state index contributed by atoms with van der Waals surface area (Å²) in [6.07, 6.45) is 6.16. The van der Waals surface area contributed by atoms with Gasteiger partial charge in [-0.25, -0.2) is 4.98 Å². The smallest absolute Gasteiger partial charge is 0.227 e. The fraction of sp³-hybridized carbons (Fsp3) is 0.0238. The maximum absolute atomic E-state index is 6.55. The van der Waals surface area contributed by atoms with Crippen molar-refractivity contribution in [2.75, 3.05) is 0 Å². The van der Waals surface area contributed by atoms with Gasteiger partial charge in [0.1, 0.15) is 5.52 Å². The molecule has 0 saturated heterocycles. The standard InChI is InChI=1S/C42H26N2OS/c1-3-30-32-17-9-11-19-35(32)44(40(30)31-16-8-7-13-26(31)2)29-23-21-28(22-24-29)42-43-39-36(45-42)25-34(27-14-5-4-6-15-27)41-38(39)33-18-10-12-20-37(33)46-41/h1,4-25H,2H3. The van der Waals surface area contributed by atoms with Crippen molar-refractivity contribution in [3.05, 3.63) is 145 Å². The second kappa shape index (κ2) is 10.3. The third-order valence-corrected chi connectivity index (χ3v) is 10.1. The van der Waals surface area contributed by atoms with Crippen molar-refractivity contribution >= 4 is 53.5 Å². The van der Waals surface area contributed by atoms with Gasteiger partial charge < -0.3 is 8.98 Å². The highest BCUT2D eigenvalue weighted by molar-refractivity contribution is 7.26. The lowest BCUT2D eigenvalue weighted by Gasteiger charge is -2.14. The SMILES string of the molecule is C#Cc1c(-c2ccccc2C)n(-c2ccc(-c3nc4c(cc(-c5ccccc5)c5sc6ccccc6c54)o3)cc2)c2ccccc12. The van der Waals surface area contributed by atoms with E-state index in [2.05, 4.69) is 139 Å². The summed E-state index contributed by atoms with van der Waals surface area (Å²) in [5.41, 5.74) is 11.2. The summed E-state index contributed by atoms with van der Waals surface area (Å²) in [7, 11) is 0. The van der Waals surface area contributed by atoms with E-state index in [0.717, 1.165) is 66.6 Å². The van der Waals surface area contributed by atoms with Crippen molar-refractivity contribution in [1.82, 2.24) is 9.55 Å². The van der Waals surface area contributed by atoms with Gasteiger partial charge in [-0.15, -0.1) is 17.8 Å². The summed E-state index contributed by atoms with van der Waals surface area (Å²) in [5.74, 6) is 3.60. The number of hydrogen-bond acceptors (Lipinski definition) is 3. The molecule has 0 aliphatic rings. The van der Waals surface area contributed by atoms with Gasteiger partial charge in [0.15, 0.2) is 5.58 Å². The van der Waals surface area contributed by atoms with E-state index in [0.29, 0.717) is 5.89 Å². The van der Waals surface area contributed by atoms with Gasteiger partial charge in [0, 0.05) is 47.9 Å². The number of oxazole rings is 1. The van der Waals surface area contributed by atoms with Gasteiger partial charge in [0.2, 0.25) is 5.89 Å². The molecular formula is C42H26N2OS. The number of hydrogen-bond donors (Lipinski definition) is 0. The number of aromatic nitrogens is 2. The largest absolute Gasteiger partial charge is 0.436 e. The number of fused-ring (bicyclic) bond motifs is 6. The predicted octanol–water partition coefficient (Wildman–Crippen LogP) is 11.4. The van der Waals surface area contributed by atoms with Crippen molar-refractivity contribution in [1.29, 1.82) is 0 Å². The molecule has 0 N–H and O–H groups in total. The molecule has 0 spiro atoms. The summed E-state index contributed by atoms with van der Waals surface area (Å²) in [4.78, 5) is 5.12. The first-order chi connectivity index (χ1) is 22.7. The van der Waals surface area contributed by atoms with Crippen LogP contribution in [0.4, 0.5) is 0 Å². The molecule has 4 heteroatoms. The Morgan fingerprint density at radius 1 is 0.717 bits per heavy atom. The fourth-order valence-electron chi connectivity index (χ4n) is 6.73. The molecule has 0 fully saturated rings. The molecular weight excluding hydrogens is 581 g/mol. The maximum atomic E-state index is 6.55. The minimum atomic E-state index is 0.601. The molecule has 0 atom stereocenters. The Bertz CT molecular complexity index is 2650. The van der Waals surface area contributed by atoms with E-state index in [9.17, 15) is 0 Å². The highest BCUT2D eigenvalue weighted by Gasteiger charge is 2.22. The molecule has 3 aromatic heterocycles. The molecule has 3 heterocycles. The molecule has 0 aliphatic heterocycles. The Balaban J connectivity index is 1.23. The van der Waals surface area contributed by atoms with E-state index < -0.39 is 0 Å². The lowest BCUT2D eigenvalue weighted by molar-refractivity contribution is 0.620. The van der Waals surface area contributed by atoms with Crippen molar-refractivity contribution in [2.45, 2.75) is 6.92 Å². The Kier molecular flexibility index (Phi) is 5.96. The highest BCUT2D eigenvalue weighted by atomic mass is 32.1. The number of para-hydroxylation sites is 1. The first kappa shape index (κ1) is 26.5. The summed E-state index contributed by atoms with van der Waals surface area (Å²) in [5, 5.41) is 3.41. The molecule has 46 heavy (non-hydrogen) atoms. The van der Waals surface area contributed by atoms with Crippen LogP contribution in [0.3, 0.4) is 0 Å². The van der Waals surface area contributed by atoms with Gasteiger partial charge in [-0.1, -0.05) is 96.9 Å². The number of terminal acetylenes is 1. The Labute approximate surface area is 270 Å². The van der Waals surface area contributed by atoms with Crippen molar-refractivity contribution in [2.24, 2.45) is 0 Å². The molecule has 0 amide bonds. The van der Waals surface area contributed by atoms with E-state index in [1.54, 1.807) is 0 Å². The number of rotatable bonds is 4. The Morgan fingerprint density at radius 2 is 1.43 bits per heavy atom. The third-order valence-electron chi connectivity index (χ3n) is 8.88. The van der Waals surface area contributed by atoms with E-state index >= 15 is 0 Å². The number of thiophene rings is 1. The summed E-state index contributed by atoms with van der Waals surface area (Å²) >= 11 is 1.81. The minimum Gasteiger partial charge on any atom is -0.436 e. The molecule has 6 aromatic carbocycles. The van der Waals surface area contributed by atoms with Crippen LogP contribution in [0.1, 0.15) is 11.1 Å². The molecule has 3 nitrogen and oxygen atoms in total. The molecule has 216 valence electrons. The first-order valence-corrected chi connectivity index (χ1v) is 16.1. The van der Waals surface area contributed by atoms with Crippen LogP contribution in [-0.4, -0.2) is 9.55 Å². The van der Waals surface area contributed by atoms with Crippen LogP contribution >= 0.6 is 11.3 Å². The van der Waals surface area contributed by atoms with Crippen LogP contribution in [-0.2, 0) is 0 Å². The summed E-state index contributed by atoms with van der Waals surface area (Å²) in [6, 6.07) is 46.4. The molecule has 0 bridgehead atoms. The van der Waals surface area contributed by atoms with Crippen LogP contribution in [0.5, 0.6) is 0 Å². The van der Waals surface area contributed by atoms with Gasteiger partial charge in [-0.05, 0) is 60.5 Å². The van der Waals surface area contributed by atoms with Crippen LogP contribution in [0, 0.1) is 19.3 Å². The monoisotopic (exact) mass is 606 g/mol. The van der Waals surface area contributed by atoms with Gasteiger partial charge in [0.05, 0.1) is 16.8 Å². The quantitative estimate of drug-likeness (QED) is 0.187. The maximum Gasteiger partial charge on any atom is 0.227 e. The molecule has 0 radical (unpaired) electrons. The highest BCUT2D eigenvalue weighted by Crippen LogP contribution is 2.45. The van der Waals surface area contributed by atoms with E-state index in [1.807, 2.05) is 23.5 Å². The van der Waals surface area contributed by atoms with E-state index in [1.165, 1.54) is 20.3 Å². The van der Waals surface area contributed by atoms with Crippen molar-refractivity contribution < 1.29 is 4.42 Å². The molecule has 0 saturated carbocycles. The molecule has 9 aromatic rings. The fourth-order valence-corrected chi connectivity index (χ4v) is 7.97. The Morgan fingerprint density at radius 3 is 2.24 bits per heavy atom. The number of nitrogens with zero attached hydrogens (tertiary/aromatic N) is 2. The normalized spacial score (nSPS) is 11.6. The lowest BCUT2D eigenvalue weighted by atomic mass is 10.0. The van der Waals surface area contributed by atoms with Crippen LogP contribution < -0.4 is 0 Å². The molecule has 9 rings (SSSR count). The lowest BCUT2D eigenvalue weighted by Crippen LogP contribution is -1.99. The van der Waals surface area contributed by atoms with Gasteiger partial charge >= 0.3 is 0 Å². The summed E-state index contributed by atoms with van der Waals surface area (Å²) < 4.78 is 11.3. The topological polar surface area (TPSA) is 31.0 Å². The van der Waals surface area contributed by atoms with Gasteiger partial charge in [-0.3, -0.25) is 0 Å². The van der Waals surface area contributed by atoms with Crippen LogP contribution in [0.25, 0.3) is 81.7 Å².